The van der Waals surface area contributed by atoms with E-state index in [0.717, 1.165) is 25.2 Å². The van der Waals surface area contributed by atoms with Crippen LogP contribution in [0.2, 0.25) is 0 Å². The van der Waals surface area contributed by atoms with Crippen LogP contribution in [0.3, 0.4) is 0 Å². The first-order chi connectivity index (χ1) is 8.97. The molecule has 0 saturated heterocycles. The van der Waals surface area contributed by atoms with Crippen LogP contribution in [0, 0.1) is 0 Å². The Kier molecular flexibility index (Phi) is 6.78. The van der Waals surface area contributed by atoms with Crippen molar-refractivity contribution >= 4 is 19.2 Å². The van der Waals surface area contributed by atoms with Crippen LogP contribution in [0.15, 0.2) is 30.3 Å². The number of amides is 1. The topological polar surface area (TPSA) is 78.5 Å². The number of para-hydroxylation sites is 1. The third-order valence-corrected chi connectivity index (χ3v) is 3.08. The minimum absolute atomic E-state index is 0.0305. The quantitative estimate of drug-likeness (QED) is 0.587. The van der Waals surface area contributed by atoms with E-state index in [2.05, 4.69) is 9.84 Å². The Labute approximate surface area is 113 Å². The molecule has 0 fully saturated rings. The predicted octanol–water partition coefficient (Wildman–Crippen LogP) is 2.39. The Hall–Kier alpha value is -1.16. The first-order valence-electron chi connectivity index (χ1n) is 6.25. The molecule has 5 nitrogen and oxygen atoms in total. The van der Waals surface area contributed by atoms with E-state index in [1.165, 1.54) is 0 Å². The fraction of sp³-hybridized carbons (Fsp3) is 0.462. The second-order valence-electron chi connectivity index (χ2n) is 4.33. The molecule has 1 amide bonds. The zero-order chi connectivity index (χ0) is 14.1. The molecule has 0 saturated carbocycles. The summed E-state index contributed by atoms with van der Waals surface area (Å²) in [6.45, 7) is 1.25. The Morgan fingerprint density at radius 1 is 1.26 bits per heavy atom. The van der Waals surface area contributed by atoms with Crippen molar-refractivity contribution in [3.05, 3.63) is 30.3 Å². The van der Waals surface area contributed by atoms with E-state index in [4.69, 9.17) is 0 Å². The van der Waals surface area contributed by atoms with E-state index in [1.807, 2.05) is 30.3 Å². The van der Waals surface area contributed by atoms with Crippen molar-refractivity contribution in [2.45, 2.75) is 25.7 Å². The molecule has 19 heavy (non-hydrogen) atoms. The fourth-order valence-corrected chi connectivity index (χ4v) is 2.00. The normalized spacial score (nSPS) is 13.8. The summed E-state index contributed by atoms with van der Waals surface area (Å²) in [5.41, 5.74) is 0.786. The molecule has 0 aliphatic rings. The Bertz CT molecular complexity index is 430. The molecular formula is C13H19NO4P-. The van der Waals surface area contributed by atoms with Crippen molar-refractivity contribution < 1.29 is 18.8 Å². The van der Waals surface area contributed by atoms with Crippen LogP contribution in [0.25, 0.3) is 0 Å². The molecule has 0 aromatic heterocycles. The van der Waals surface area contributed by atoms with Crippen molar-refractivity contribution in [2.75, 3.05) is 18.6 Å². The van der Waals surface area contributed by atoms with Gasteiger partial charge in [0, 0.05) is 18.8 Å². The molecule has 106 valence electrons. The van der Waals surface area contributed by atoms with Crippen molar-refractivity contribution in [3.8, 4) is 0 Å². The largest absolute Gasteiger partial charge is 0.779 e. The van der Waals surface area contributed by atoms with E-state index >= 15 is 0 Å². The second kappa shape index (κ2) is 8.10. The molecule has 0 heterocycles. The molecule has 0 spiro atoms. The van der Waals surface area contributed by atoms with E-state index in [0.29, 0.717) is 12.8 Å². The number of unbranched alkanes of at least 4 members (excludes halogenated alkanes) is 2. The van der Waals surface area contributed by atoms with Gasteiger partial charge in [-0.05, 0) is 25.0 Å². The van der Waals surface area contributed by atoms with Gasteiger partial charge in [0.1, 0.15) is 7.60 Å². The molecule has 1 rings (SSSR count). The van der Waals surface area contributed by atoms with Crippen molar-refractivity contribution in [1.29, 1.82) is 0 Å². The van der Waals surface area contributed by atoms with E-state index in [1.54, 1.807) is 0 Å². The van der Waals surface area contributed by atoms with Gasteiger partial charge in [0.15, 0.2) is 0 Å². The smallest absolute Gasteiger partial charge is 0.224 e. The molecule has 1 unspecified atom stereocenters. The molecule has 1 aromatic carbocycles. The van der Waals surface area contributed by atoms with E-state index in [-0.39, 0.29) is 12.5 Å². The van der Waals surface area contributed by atoms with E-state index < -0.39 is 7.60 Å². The molecule has 0 aliphatic heterocycles. The number of rotatable bonds is 8. The third-order valence-electron chi connectivity index (χ3n) is 2.43. The van der Waals surface area contributed by atoms with Crippen LogP contribution in [-0.4, -0.2) is 19.2 Å². The standard InChI is InChI=1S/C13H20NO4P/c1-19(16,17)18-11-7-3-6-10-13(15)14-12-8-4-2-5-9-12/h2,4-5,8-9H,3,6-7,10-11H2,1H3,(H,14,15)(H,16,17)/p-1. The SMILES string of the molecule is CP(=O)([O-])OCCCCCC(=O)Nc1ccccc1. The summed E-state index contributed by atoms with van der Waals surface area (Å²) >= 11 is 0. The van der Waals surface area contributed by atoms with Crippen LogP contribution in [0.1, 0.15) is 25.7 Å². The van der Waals surface area contributed by atoms with Gasteiger partial charge in [0.2, 0.25) is 5.91 Å². The molecule has 0 aliphatic carbocycles. The number of anilines is 1. The maximum Gasteiger partial charge on any atom is 0.224 e. The van der Waals surface area contributed by atoms with Gasteiger partial charge in [0.05, 0.1) is 6.61 Å². The van der Waals surface area contributed by atoms with Gasteiger partial charge in [-0.25, -0.2) is 0 Å². The average molecular weight is 284 g/mol. The molecule has 0 bridgehead atoms. The molecule has 0 radical (unpaired) electrons. The molecule has 1 atom stereocenters. The van der Waals surface area contributed by atoms with Gasteiger partial charge in [-0.3, -0.25) is 4.79 Å². The van der Waals surface area contributed by atoms with Gasteiger partial charge in [-0.2, -0.15) is 0 Å². The Balaban J connectivity index is 2.07. The molecular weight excluding hydrogens is 265 g/mol. The summed E-state index contributed by atoms with van der Waals surface area (Å²) in [5, 5.41) is 2.79. The Morgan fingerprint density at radius 3 is 2.58 bits per heavy atom. The zero-order valence-corrected chi connectivity index (χ0v) is 11.9. The van der Waals surface area contributed by atoms with Gasteiger partial charge >= 0.3 is 0 Å². The van der Waals surface area contributed by atoms with Gasteiger partial charge in [-0.1, -0.05) is 24.6 Å². The Morgan fingerprint density at radius 2 is 1.95 bits per heavy atom. The highest BCUT2D eigenvalue weighted by Gasteiger charge is 2.02. The van der Waals surface area contributed by atoms with Crippen LogP contribution < -0.4 is 10.2 Å². The predicted molar refractivity (Wildman–Crippen MR) is 73.0 cm³/mol. The maximum absolute atomic E-state index is 11.6. The van der Waals surface area contributed by atoms with Crippen LogP contribution in [0.5, 0.6) is 0 Å². The number of carbonyl (C=O) groups excluding carboxylic acids is 1. The number of hydrogen-bond donors (Lipinski definition) is 1. The lowest BCUT2D eigenvalue weighted by molar-refractivity contribution is -0.196. The van der Waals surface area contributed by atoms with Crippen molar-refractivity contribution in [3.63, 3.8) is 0 Å². The maximum atomic E-state index is 11.6. The first-order valence-corrected chi connectivity index (χ1v) is 8.24. The van der Waals surface area contributed by atoms with Crippen LogP contribution in [0.4, 0.5) is 5.69 Å². The summed E-state index contributed by atoms with van der Waals surface area (Å²) < 4.78 is 15.3. The second-order valence-corrected chi connectivity index (χ2v) is 6.13. The lowest BCUT2D eigenvalue weighted by Crippen LogP contribution is -2.11. The fourth-order valence-electron chi connectivity index (χ4n) is 1.54. The monoisotopic (exact) mass is 284 g/mol. The van der Waals surface area contributed by atoms with Crippen molar-refractivity contribution in [1.82, 2.24) is 0 Å². The lowest BCUT2D eigenvalue weighted by atomic mass is 10.2. The third kappa shape index (κ3) is 8.54. The summed E-state index contributed by atoms with van der Waals surface area (Å²) in [7, 11) is -3.61. The zero-order valence-electron chi connectivity index (χ0n) is 11.0. The van der Waals surface area contributed by atoms with Crippen LogP contribution in [-0.2, 0) is 13.9 Å². The minimum atomic E-state index is -3.61. The molecule has 1 N–H and O–H groups in total. The number of benzene rings is 1. The molecule has 6 heteroatoms. The van der Waals surface area contributed by atoms with Gasteiger partial charge in [0.25, 0.3) is 0 Å². The first kappa shape index (κ1) is 15.9. The van der Waals surface area contributed by atoms with Gasteiger partial charge in [-0.15, -0.1) is 0 Å². The number of nitrogens with one attached hydrogen (secondary N) is 1. The average Bonchev–Trinajstić information content (AvgIpc) is 2.33. The summed E-state index contributed by atoms with van der Waals surface area (Å²) in [4.78, 5) is 22.3. The molecule has 1 aromatic rings. The highest BCUT2D eigenvalue weighted by molar-refractivity contribution is 7.50. The van der Waals surface area contributed by atoms with Crippen LogP contribution >= 0.6 is 7.60 Å². The van der Waals surface area contributed by atoms with Gasteiger partial charge < -0.3 is 19.3 Å². The summed E-state index contributed by atoms with van der Waals surface area (Å²) in [6, 6.07) is 9.27. The summed E-state index contributed by atoms with van der Waals surface area (Å²) in [6.07, 6.45) is 2.55. The number of hydrogen-bond acceptors (Lipinski definition) is 4. The highest BCUT2D eigenvalue weighted by atomic mass is 31.2. The number of carbonyl (C=O) groups is 1. The minimum Gasteiger partial charge on any atom is -0.779 e. The highest BCUT2D eigenvalue weighted by Crippen LogP contribution is 2.31. The van der Waals surface area contributed by atoms with E-state index in [9.17, 15) is 14.3 Å². The summed E-state index contributed by atoms with van der Waals surface area (Å²) in [5.74, 6) is -0.0305. The lowest BCUT2D eigenvalue weighted by Gasteiger charge is -2.17. The van der Waals surface area contributed by atoms with Crippen molar-refractivity contribution in [2.24, 2.45) is 0 Å².